The van der Waals surface area contributed by atoms with Crippen LogP contribution in [0, 0.1) is 11.7 Å². The Morgan fingerprint density at radius 2 is 2.07 bits per heavy atom. The van der Waals surface area contributed by atoms with E-state index in [0.29, 0.717) is 18.8 Å². The normalized spacial score (nSPS) is 19.7. The van der Waals surface area contributed by atoms with Crippen molar-refractivity contribution in [2.24, 2.45) is 5.92 Å². The Morgan fingerprint density at radius 3 is 2.78 bits per heavy atom. The van der Waals surface area contributed by atoms with Gasteiger partial charge in [-0.25, -0.2) is 22.5 Å². The van der Waals surface area contributed by atoms with E-state index in [4.69, 9.17) is 0 Å². The molecule has 3 rings (SSSR count). The van der Waals surface area contributed by atoms with E-state index in [1.165, 1.54) is 15.6 Å². The second-order valence-electron chi connectivity index (χ2n) is 6.94. The average Bonchev–Trinajstić information content (AvgIpc) is 2.95. The van der Waals surface area contributed by atoms with Crippen LogP contribution in [0.2, 0.25) is 0 Å². The number of hydrogen-bond acceptors (Lipinski definition) is 5. The third kappa shape index (κ3) is 4.35. The summed E-state index contributed by atoms with van der Waals surface area (Å²) in [6.07, 6.45) is 1.30. The molecule has 7 nitrogen and oxygen atoms in total. The van der Waals surface area contributed by atoms with Gasteiger partial charge in [-0.15, -0.1) is 5.10 Å². The zero-order valence-electron chi connectivity index (χ0n) is 15.4. The van der Waals surface area contributed by atoms with E-state index < -0.39 is 21.6 Å². The molecular formula is C18H23FN4O3S. The van der Waals surface area contributed by atoms with Gasteiger partial charge in [0, 0.05) is 19.5 Å². The van der Waals surface area contributed by atoms with Gasteiger partial charge in [0.2, 0.25) is 5.82 Å². The van der Waals surface area contributed by atoms with Gasteiger partial charge in [-0.05, 0) is 24.5 Å². The zero-order chi connectivity index (χ0) is 19.6. The van der Waals surface area contributed by atoms with Crippen LogP contribution in [0.5, 0.6) is 0 Å². The van der Waals surface area contributed by atoms with Crippen molar-refractivity contribution < 1.29 is 17.6 Å². The maximum atomic E-state index is 14.2. The second-order valence-corrected chi connectivity index (χ2v) is 9.16. The highest BCUT2D eigenvalue weighted by Gasteiger charge is 2.30. The molecule has 146 valence electrons. The lowest BCUT2D eigenvalue weighted by atomic mass is 10.2. The summed E-state index contributed by atoms with van der Waals surface area (Å²) in [5, 5.41) is 4.25. The van der Waals surface area contributed by atoms with Crippen molar-refractivity contribution in [2.45, 2.75) is 26.7 Å². The Hall–Kier alpha value is -2.29. The van der Waals surface area contributed by atoms with Crippen LogP contribution in [0.3, 0.4) is 0 Å². The van der Waals surface area contributed by atoms with E-state index >= 15 is 0 Å². The van der Waals surface area contributed by atoms with Crippen LogP contribution in [-0.4, -0.2) is 58.6 Å². The summed E-state index contributed by atoms with van der Waals surface area (Å²) in [4.78, 5) is 18.7. The van der Waals surface area contributed by atoms with Crippen LogP contribution in [0.1, 0.15) is 36.7 Å². The molecule has 1 aliphatic heterocycles. The van der Waals surface area contributed by atoms with Crippen LogP contribution < -0.4 is 0 Å². The standard InChI is InChI=1S/C18H23FN4O3S/c1-3-6-16-20-17(21-23(16)15-8-5-4-7-14(15)19)18(24)22-9-10-27(25,26)12-13(2)11-22/h4-5,7-8,13H,3,6,9-12H2,1-2H3. The molecular weight excluding hydrogens is 371 g/mol. The second kappa shape index (κ2) is 7.75. The molecule has 0 spiro atoms. The average molecular weight is 394 g/mol. The van der Waals surface area contributed by atoms with Crippen LogP contribution in [0.4, 0.5) is 4.39 Å². The zero-order valence-corrected chi connectivity index (χ0v) is 16.2. The minimum atomic E-state index is -3.17. The van der Waals surface area contributed by atoms with Gasteiger partial charge in [0.1, 0.15) is 17.3 Å². The van der Waals surface area contributed by atoms with Gasteiger partial charge in [0.15, 0.2) is 9.84 Å². The lowest BCUT2D eigenvalue weighted by molar-refractivity contribution is 0.0739. The fourth-order valence-electron chi connectivity index (χ4n) is 3.25. The molecule has 0 N–H and O–H groups in total. The molecule has 1 atom stereocenters. The number of sulfone groups is 1. The first-order valence-corrected chi connectivity index (χ1v) is 10.8. The van der Waals surface area contributed by atoms with Crippen LogP contribution >= 0.6 is 0 Å². The molecule has 1 aliphatic rings. The number of carbonyl (C=O) groups is 1. The summed E-state index contributed by atoms with van der Waals surface area (Å²) in [7, 11) is -3.17. The first kappa shape index (κ1) is 19.5. The molecule has 0 bridgehead atoms. The predicted molar refractivity (Wildman–Crippen MR) is 99.0 cm³/mol. The molecule has 1 saturated heterocycles. The van der Waals surface area contributed by atoms with Crippen molar-refractivity contribution in [3.8, 4) is 5.69 Å². The molecule has 1 amide bonds. The third-order valence-corrected chi connectivity index (χ3v) is 6.33. The van der Waals surface area contributed by atoms with Gasteiger partial charge in [0.05, 0.1) is 11.5 Å². The molecule has 1 fully saturated rings. The third-order valence-electron chi connectivity index (χ3n) is 4.45. The van der Waals surface area contributed by atoms with E-state index in [-0.39, 0.29) is 35.5 Å². The monoisotopic (exact) mass is 394 g/mol. The molecule has 1 aromatic heterocycles. The van der Waals surface area contributed by atoms with Crippen molar-refractivity contribution in [1.82, 2.24) is 19.7 Å². The number of amides is 1. The van der Waals surface area contributed by atoms with Crippen LogP contribution in [-0.2, 0) is 16.3 Å². The van der Waals surface area contributed by atoms with Crippen LogP contribution in [0.25, 0.3) is 5.69 Å². The van der Waals surface area contributed by atoms with Gasteiger partial charge in [0.25, 0.3) is 5.91 Å². The molecule has 0 saturated carbocycles. The van der Waals surface area contributed by atoms with Gasteiger partial charge >= 0.3 is 0 Å². The number of rotatable bonds is 4. The molecule has 9 heteroatoms. The highest BCUT2D eigenvalue weighted by molar-refractivity contribution is 7.91. The molecule has 0 aliphatic carbocycles. The first-order valence-electron chi connectivity index (χ1n) is 9.01. The van der Waals surface area contributed by atoms with Crippen molar-refractivity contribution in [3.63, 3.8) is 0 Å². The van der Waals surface area contributed by atoms with Gasteiger partial charge in [-0.2, -0.15) is 0 Å². The number of nitrogens with zero attached hydrogens (tertiary/aromatic N) is 4. The number of aromatic nitrogens is 3. The molecule has 0 radical (unpaired) electrons. The SMILES string of the molecule is CCCc1nc(C(=O)N2CCS(=O)(=O)CC(C)C2)nn1-c1ccccc1F. The summed E-state index contributed by atoms with van der Waals surface area (Å²) in [6.45, 7) is 4.21. The van der Waals surface area contributed by atoms with Crippen molar-refractivity contribution in [2.75, 3.05) is 24.6 Å². The van der Waals surface area contributed by atoms with Crippen molar-refractivity contribution in [3.05, 3.63) is 41.7 Å². The Kier molecular flexibility index (Phi) is 5.59. The Bertz CT molecular complexity index is 942. The van der Waals surface area contributed by atoms with Gasteiger partial charge < -0.3 is 4.90 Å². The fraction of sp³-hybridized carbons (Fsp3) is 0.500. The number of hydrogen-bond donors (Lipinski definition) is 0. The van der Waals surface area contributed by atoms with Gasteiger partial charge in [-0.1, -0.05) is 26.0 Å². The summed E-state index contributed by atoms with van der Waals surface area (Å²) < 4.78 is 39.4. The first-order chi connectivity index (χ1) is 12.8. The molecule has 1 aromatic carbocycles. The van der Waals surface area contributed by atoms with E-state index in [1.54, 1.807) is 25.1 Å². The summed E-state index contributed by atoms with van der Waals surface area (Å²) in [6, 6.07) is 6.19. The lowest BCUT2D eigenvalue weighted by Crippen LogP contribution is -2.36. The summed E-state index contributed by atoms with van der Waals surface area (Å²) in [5.74, 6) is -0.576. The number of halogens is 1. The minimum absolute atomic E-state index is 0.0341. The molecule has 2 heterocycles. The summed E-state index contributed by atoms with van der Waals surface area (Å²) >= 11 is 0. The van der Waals surface area contributed by atoms with E-state index in [1.807, 2.05) is 6.92 Å². The Morgan fingerprint density at radius 1 is 1.33 bits per heavy atom. The Balaban J connectivity index is 1.94. The fourth-order valence-corrected chi connectivity index (χ4v) is 4.89. The Labute approximate surface area is 158 Å². The molecule has 1 unspecified atom stereocenters. The number of aryl methyl sites for hydroxylation is 1. The highest BCUT2D eigenvalue weighted by atomic mass is 32.2. The van der Waals surface area contributed by atoms with E-state index in [9.17, 15) is 17.6 Å². The maximum absolute atomic E-state index is 14.2. The van der Waals surface area contributed by atoms with Crippen molar-refractivity contribution in [1.29, 1.82) is 0 Å². The number of para-hydroxylation sites is 1. The highest BCUT2D eigenvalue weighted by Crippen LogP contribution is 2.17. The molecule has 27 heavy (non-hydrogen) atoms. The number of benzene rings is 1. The predicted octanol–water partition coefficient (Wildman–Crippen LogP) is 1.87. The largest absolute Gasteiger partial charge is 0.335 e. The smallest absolute Gasteiger partial charge is 0.293 e. The molecule has 2 aromatic rings. The van der Waals surface area contributed by atoms with Crippen molar-refractivity contribution >= 4 is 15.7 Å². The summed E-state index contributed by atoms with van der Waals surface area (Å²) in [5.41, 5.74) is 0.235. The van der Waals surface area contributed by atoms with Crippen LogP contribution in [0.15, 0.2) is 24.3 Å². The van der Waals surface area contributed by atoms with Gasteiger partial charge in [-0.3, -0.25) is 4.79 Å². The minimum Gasteiger partial charge on any atom is -0.335 e. The quantitative estimate of drug-likeness (QED) is 0.790. The van der Waals surface area contributed by atoms with E-state index in [0.717, 1.165) is 6.42 Å². The van der Waals surface area contributed by atoms with E-state index in [2.05, 4.69) is 10.1 Å². The lowest BCUT2D eigenvalue weighted by Gasteiger charge is -2.20. The topological polar surface area (TPSA) is 85.2 Å². The maximum Gasteiger partial charge on any atom is 0.293 e. The number of carbonyl (C=O) groups excluding carboxylic acids is 1.